The van der Waals surface area contributed by atoms with Gasteiger partial charge in [0.15, 0.2) is 11.5 Å². The van der Waals surface area contributed by atoms with Gasteiger partial charge in [-0.25, -0.2) is 0 Å². The van der Waals surface area contributed by atoms with Crippen molar-refractivity contribution in [2.45, 2.75) is 0 Å². The first-order valence-electron chi connectivity index (χ1n) is 6.61. The third-order valence-corrected chi connectivity index (χ3v) is 3.43. The van der Waals surface area contributed by atoms with Gasteiger partial charge in [-0.1, -0.05) is 0 Å². The van der Waals surface area contributed by atoms with E-state index in [0.29, 0.717) is 0 Å². The number of nitrogens with zero attached hydrogens (tertiary/aromatic N) is 2. The van der Waals surface area contributed by atoms with Crippen molar-refractivity contribution in [3.05, 3.63) is 18.2 Å². The van der Waals surface area contributed by atoms with Crippen molar-refractivity contribution < 1.29 is 9.47 Å². The predicted octanol–water partition coefficient (Wildman–Crippen LogP) is 1.00. The first-order chi connectivity index (χ1) is 9.24. The van der Waals surface area contributed by atoms with E-state index in [1.807, 2.05) is 12.1 Å². The quantitative estimate of drug-likeness (QED) is 0.860. The van der Waals surface area contributed by atoms with Gasteiger partial charge in [-0.05, 0) is 12.1 Å². The van der Waals surface area contributed by atoms with Gasteiger partial charge in [0, 0.05) is 45.0 Å². The third kappa shape index (κ3) is 3.52. The molecule has 0 aliphatic carbocycles. The Morgan fingerprint density at radius 1 is 1.16 bits per heavy atom. The normalized spacial score (nSPS) is 16.2. The lowest BCUT2D eigenvalue weighted by Crippen LogP contribution is -2.47. The van der Waals surface area contributed by atoms with Crippen LogP contribution in [0.15, 0.2) is 18.2 Å². The summed E-state index contributed by atoms with van der Waals surface area (Å²) in [5.74, 6) is 1.54. The first-order valence-corrected chi connectivity index (χ1v) is 6.61. The van der Waals surface area contributed by atoms with Crippen LogP contribution in [0.4, 0.5) is 5.69 Å². The molecule has 1 saturated heterocycles. The molecule has 0 aromatic heterocycles. The summed E-state index contributed by atoms with van der Waals surface area (Å²) >= 11 is 0. The molecule has 1 fully saturated rings. The van der Waals surface area contributed by atoms with Crippen LogP contribution in [0.25, 0.3) is 0 Å². The van der Waals surface area contributed by atoms with Crippen LogP contribution in [0.1, 0.15) is 0 Å². The fourth-order valence-electron chi connectivity index (χ4n) is 2.30. The number of hydrogen-bond donors (Lipinski definition) is 1. The van der Waals surface area contributed by atoms with Gasteiger partial charge in [0.25, 0.3) is 0 Å². The number of hydrogen-bond acceptors (Lipinski definition) is 5. The maximum Gasteiger partial charge on any atom is 0.162 e. The summed E-state index contributed by atoms with van der Waals surface area (Å²) in [5, 5.41) is 3.36. The van der Waals surface area contributed by atoms with Gasteiger partial charge in [0.2, 0.25) is 0 Å². The largest absolute Gasteiger partial charge is 0.493 e. The summed E-state index contributed by atoms with van der Waals surface area (Å²) in [6, 6.07) is 6.02. The Kier molecular flexibility index (Phi) is 4.87. The fourth-order valence-corrected chi connectivity index (χ4v) is 2.30. The van der Waals surface area contributed by atoms with Gasteiger partial charge >= 0.3 is 0 Å². The van der Waals surface area contributed by atoms with E-state index in [4.69, 9.17) is 9.47 Å². The van der Waals surface area contributed by atoms with E-state index < -0.39 is 0 Å². The van der Waals surface area contributed by atoms with E-state index in [2.05, 4.69) is 28.2 Å². The molecule has 1 aliphatic rings. The minimum absolute atomic E-state index is 0.766. The number of methoxy groups -OCH3 is 2. The van der Waals surface area contributed by atoms with E-state index in [1.165, 1.54) is 0 Å². The summed E-state index contributed by atoms with van der Waals surface area (Å²) in [4.78, 5) is 4.67. The molecule has 5 heteroatoms. The topological polar surface area (TPSA) is 37.0 Å². The lowest BCUT2D eigenvalue weighted by molar-refractivity contribution is 0.243. The summed E-state index contributed by atoms with van der Waals surface area (Å²) < 4.78 is 10.6. The molecule has 0 bridgehead atoms. The standard InChI is InChI=1S/C14H23N3O2/c1-16(11-17-8-6-15-7-9-17)12-4-5-13(18-2)14(10-12)19-3/h4-5,10,15H,6-9,11H2,1-3H3. The van der Waals surface area contributed by atoms with E-state index >= 15 is 0 Å². The van der Waals surface area contributed by atoms with Gasteiger partial charge in [0.1, 0.15) is 0 Å². The van der Waals surface area contributed by atoms with Crippen LogP contribution in [0.5, 0.6) is 11.5 Å². The van der Waals surface area contributed by atoms with Gasteiger partial charge in [-0.3, -0.25) is 4.90 Å². The van der Waals surface area contributed by atoms with Crippen LogP contribution in [0, 0.1) is 0 Å². The van der Waals surface area contributed by atoms with Gasteiger partial charge in [-0.2, -0.15) is 0 Å². The van der Waals surface area contributed by atoms with Crippen LogP contribution in [0.2, 0.25) is 0 Å². The van der Waals surface area contributed by atoms with Crippen molar-refractivity contribution in [3.8, 4) is 11.5 Å². The smallest absolute Gasteiger partial charge is 0.162 e. The maximum absolute atomic E-state index is 5.34. The summed E-state index contributed by atoms with van der Waals surface area (Å²) in [6.07, 6.45) is 0. The van der Waals surface area contributed by atoms with Crippen LogP contribution >= 0.6 is 0 Å². The zero-order valence-electron chi connectivity index (χ0n) is 12.0. The lowest BCUT2D eigenvalue weighted by atomic mass is 10.2. The molecule has 0 atom stereocenters. The number of rotatable bonds is 5. The van der Waals surface area contributed by atoms with Crippen LogP contribution in [0.3, 0.4) is 0 Å². The Morgan fingerprint density at radius 3 is 2.47 bits per heavy atom. The molecule has 1 aliphatic heterocycles. The van der Waals surface area contributed by atoms with E-state index in [1.54, 1.807) is 14.2 Å². The number of piperazine rings is 1. The predicted molar refractivity (Wildman–Crippen MR) is 77.3 cm³/mol. The Bertz CT molecular complexity index is 406. The zero-order chi connectivity index (χ0) is 13.7. The minimum Gasteiger partial charge on any atom is -0.493 e. The highest BCUT2D eigenvalue weighted by Gasteiger charge is 2.13. The Labute approximate surface area is 115 Å². The van der Waals surface area contributed by atoms with Crippen LogP contribution in [-0.4, -0.2) is 59.0 Å². The van der Waals surface area contributed by atoms with E-state index in [9.17, 15) is 0 Å². The molecule has 5 nitrogen and oxygen atoms in total. The number of nitrogens with one attached hydrogen (secondary N) is 1. The highest BCUT2D eigenvalue weighted by molar-refractivity contribution is 5.55. The second-order valence-electron chi connectivity index (χ2n) is 4.75. The molecule has 106 valence electrons. The van der Waals surface area contributed by atoms with E-state index in [-0.39, 0.29) is 0 Å². The Hall–Kier alpha value is -1.46. The van der Waals surface area contributed by atoms with Crippen LogP contribution in [-0.2, 0) is 0 Å². The van der Waals surface area contributed by atoms with Crippen LogP contribution < -0.4 is 19.7 Å². The molecule has 1 N–H and O–H groups in total. The van der Waals surface area contributed by atoms with Crippen molar-refractivity contribution >= 4 is 5.69 Å². The number of anilines is 1. The fraction of sp³-hybridized carbons (Fsp3) is 0.571. The summed E-state index contributed by atoms with van der Waals surface area (Å²) in [6.45, 7) is 5.26. The highest BCUT2D eigenvalue weighted by Crippen LogP contribution is 2.31. The molecular weight excluding hydrogens is 242 g/mol. The molecular formula is C14H23N3O2. The molecule has 0 radical (unpaired) electrons. The third-order valence-electron chi connectivity index (χ3n) is 3.43. The average Bonchev–Trinajstić information content (AvgIpc) is 2.47. The van der Waals surface area contributed by atoms with E-state index in [0.717, 1.165) is 50.0 Å². The number of benzene rings is 1. The van der Waals surface area contributed by atoms with Crippen molar-refractivity contribution in [2.75, 3.05) is 59.0 Å². The van der Waals surface area contributed by atoms with Crippen molar-refractivity contribution in [1.82, 2.24) is 10.2 Å². The van der Waals surface area contributed by atoms with Gasteiger partial charge < -0.3 is 19.7 Å². The zero-order valence-corrected chi connectivity index (χ0v) is 12.0. The lowest BCUT2D eigenvalue weighted by Gasteiger charge is -2.32. The minimum atomic E-state index is 0.766. The summed E-state index contributed by atoms with van der Waals surface area (Å²) in [7, 11) is 5.42. The summed E-state index contributed by atoms with van der Waals surface area (Å²) in [5.41, 5.74) is 1.14. The molecule has 2 rings (SSSR count). The second kappa shape index (κ2) is 6.63. The Morgan fingerprint density at radius 2 is 1.84 bits per heavy atom. The van der Waals surface area contributed by atoms with Gasteiger partial charge in [-0.15, -0.1) is 0 Å². The van der Waals surface area contributed by atoms with Crippen molar-refractivity contribution in [3.63, 3.8) is 0 Å². The molecule has 0 saturated carbocycles. The molecule has 19 heavy (non-hydrogen) atoms. The molecule has 0 unspecified atom stereocenters. The average molecular weight is 265 g/mol. The molecule has 1 heterocycles. The second-order valence-corrected chi connectivity index (χ2v) is 4.75. The van der Waals surface area contributed by atoms with Crippen molar-refractivity contribution in [1.29, 1.82) is 0 Å². The molecule has 0 amide bonds. The SMILES string of the molecule is COc1ccc(N(C)CN2CCNCC2)cc1OC. The Balaban J connectivity index is 2.03. The highest BCUT2D eigenvalue weighted by atomic mass is 16.5. The molecule has 1 aromatic carbocycles. The maximum atomic E-state index is 5.34. The van der Waals surface area contributed by atoms with Gasteiger partial charge in [0.05, 0.1) is 20.9 Å². The molecule has 0 spiro atoms. The number of ether oxygens (including phenoxy) is 2. The monoisotopic (exact) mass is 265 g/mol. The molecule has 1 aromatic rings. The first kappa shape index (κ1) is 14.0. The van der Waals surface area contributed by atoms with Crippen molar-refractivity contribution in [2.24, 2.45) is 0 Å².